The summed E-state index contributed by atoms with van der Waals surface area (Å²) in [5.41, 5.74) is 0.542. The van der Waals surface area contributed by atoms with Gasteiger partial charge in [-0.2, -0.15) is 0 Å². The lowest BCUT2D eigenvalue weighted by Crippen LogP contribution is -2.54. The SMILES string of the molecule is COC(=O)C(C[C@@H]1CCCNC1=O)NC(=O)C(CC(C)(C)C)NC(=O)c1cc2c(Cl)c(OC)ccc2[nH]1. The van der Waals surface area contributed by atoms with Crippen LogP contribution in [-0.4, -0.2) is 61.5 Å². The van der Waals surface area contributed by atoms with E-state index in [9.17, 15) is 19.2 Å². The van der Waals surface area contributed by atoms with Crippen molar-refractivity contribution < 1.29 is 28.7 Å². The van der Waals surface area contributed by atoms with E-state index in [2.05, 4.69) is 20.9 Å². The highest BCUT2D eigenvalue weighted by molar-refractivity contribution is 6.37. The number of hydrogen-bond donors (Lipinski definition) is 4. The van der Waals surface area contributed by atoms with Gasteiger partial charge in [-0.05, 0) is 49.3 Å². The maximum Gasteiger partial charge on any atom is 0.328 e. The molecule has 1 fully saturated rings. The Hall–Kier alpha value is -3.27. The Kier molecular flexibility index (Phi) is 9.07. The van der Waals surface area contributed by atoms with Crippen LogP contribution in [0.25, 0.3) is 10.9 Å². The first kappa shape index (κ1) is 28.3. The van der Waals surface area contributed by atoms with Gasteiger partial charge in [0.2, 0.25) is 11.8 Å². The highest BCUT2D eigenvalue weighted by Crippen LogP contribution is 2.33. The molecule has 0 spiro atoms. The Labute approximate surface area is 221 Å². The lowest BCUT2D eigenvalue weighted by Gasteiger charge is -2.29. The molecular formula is C26H35ClN4O6. The molecule has 0 saturated carbocycles. The van der Waals surface area contributed by atoms with Gasteiger partial charge in [0.15, 0.2) is 0 Å². The second-order valence-electron chi connectivity index (χ2n) is 10.5. The van der Waals surface area contributed by atoms with E-state index in [0.29, 0.717) is 41.1 Å². The van der Waals surface area contributed by atoms with E-state index < -0.39 is 35.8 Å². The number of nitrogens with one attached hydrogen (secondary N) is 4. The number of carbonyl (C=O) groups is 4. The predicted octanol–water partition coefficient (Wildman–Crippen LogP) is 2.94. The summed E-state index contributed by atoms with van der Waals surface area (Å²) in [4.78, 5) is 54.3. The van der Waals surface area contributed by atoms with Gasteiger partial charge in [-0.3, -0.25) is 14.4 Å². The lowest BCUT2D eigenvalue weighted by atomic mass is 9.87. The summed E-state index contributed by atoms with van der Waals surface area (Å²) in [7, 11) is 2.73. The summed E-state index contributed by atoms with van der Waals surface area (Å²) in [5, 5.41) is 9.26. The Morgan fingerprint density at radius 3 is 2.51 bits per heavy atom. The number of ether oxygens (including phenoxy) is 2. The number of esters is 1. The van der Waals surface area contributed by atoms with Crippen molar-refractivity contribution in [2.24, 2.45) is 11.3 Å². The zero-order valence-corrected chi connectivity index (χ0v) is 22.6. The van der Waals surface area contributed by atoms with Crippen molar-refractivity contribution in [3.8, 4) is 5.75 Å². The molecule has 0 bridgehead atoms. The lowest BCUT2D eigenvalue weighted by molar-refractivity contribution is -0.146. The topological polar surface area (TPSA) is 139 Å². The molecule has 1 aromatic heterocycles. The van der Waals surface area contributed by atoms with E-state index in [1.807, 2.05) is 20.8 Å². The number of halogens is 1. The van der Waals surface area contributed by atoms with Crippen LogP contribution in [0.5, 0.6) is 5.75 Å². The average Bonchev–Trinajstić information content (AvgIpc) is 3.29. The molecule has 3 amide bonds. The fourth-order valence-corrected chi connectivity index (χ4v) is 4.76. The molecule has 1 aromatic carbocycles. The first-order valence-electron chi connectivity index (χ1n) is 12.3. The molecule has 3 atom stereocenters. The molecule has 202 valence electrons. The first-order valence-corrected chi connectivity index (χ1v) is 12.6. The standard InChI is InChI=1S/C26H35ClN4O6/c1-26(2,3)13-19(24(34)30-18(25(35)37-5)11-14-7-6-10-28-22(14)32)31-23(33)17-12-15-16(29-17)8-9-20(36-4)21(15)27/h8-9,12,14,18-19,29H,6-7,10-11,13H2,1-5H3,(H,28,32)(H,30,34)(H,31,33)/t14-,18?,19?/m0/s1. The number of H-pyrrole nitrogens is 1. The Morgan fingerprint density at radius 2 is 1.89 bits per heavy atom. The van der Waals surface area contributed by atoms with Crippen LogP contribution in [0.4, 0.5) is 0 Å². The van der Waals surface area contributed by atoms with Crippen LogP contribution >= 0.6 is 11.6 Å². The van der Waals surface area contributed by atoms with Crippen LogP contribution in [0.3, 0.4) is 0 Å². The normalized spacial score (nSPS) is 17.5. The molecule has 2 aromatic rings. The number of amides is 3. The van der Waals surface area contributed by atoms with E-state index in [-0.39, 0.29) is 23.4 Å². The number of rotatable bonds is 9. The molecule has 0 aliphatic carbocycles. The zero-order valence-electron chi connectivity index (χ0n) is 21.8. The molecule has 10 nitrogen and oxygen atoms in total. The molecule has 0 radical (unpaired) electrons. The third-order valence-electron chi connectivity index (χ3n) is 6.33. The summed E-state index contributed by atoms with van der Waals surface area (Å²) in [6.07, 6.45) is 1.83. The summed E-state index contributed by atoms with van der Waals surface area (Å²) < 4.78 is 10.1. The molecule has 37 heavy (non-hydrogen) atoms. The Morgan fingerprint density at radius 1 is 1.16 bits per heavy atom. The molecule has 2 unspecified atom stereocenters. The quantitative estimate of drug-likeness (QED) is 0.365. The largest absolute Gasteiger partial charge is 0.495 e. The third kappa shape index (κ3) is 7.15. The number of hydrogen-bond acceptors (Lipinski definition) is 6. The van der Waals surface area contributed by atoms with E-state index >= 15 is 0 Å². The van der Waals surface area contributed by atoms with Gasteiger partial charge < -0.3 is 30.4 Å². The van der Waals surface area contributed by atoms with E-state index in [1.54, 1.807) is 18.2 Å². The van der Waals surface area contributed by atoms with E-state index in [1.165, 1.54) is 14.2 Å². The fourth-order valence-electron chi connectivity index (χ4n) is 4.46. The number of piperidine rings is 1. The van der Waals surface area contributed by atoms with Crippen molar-refractivity contribution in [3.05, 3.63) is 28.9 Å². The second kappa shape index (κ2) is 11.9. The van der Waals surface area contributed by atoms with Crippen molar-refractivity contribution in [2.45, 2.75) is 58.5 Å². The van der Waals surface area contributed by atoms with Gasteiger partial charge in [-0.15, -0.1) is 0 Å². The van der Waals surface area contributed by atoms with Crippen molar-refractivity contribution >= 4 is 46.2 Å². The summed E-state index contributed by atoms with van der Waals surface area (Å²) in [6, 6.07) is 3.07. The molecule has 2 heterocycles. The van der Waals surface area contributed by atoms with Gasteiger partial charge in [0.1, 0.15) is 23.5 Å². The van der Waals surface area contributed by atoms with Crippen LogP contribution in [0, 0.1) is 11.3 Å². The molecule has 3 rings (SSSR count). The minimum Gasteiger partial charge on any atom is -0.495 e. The van der Waals surface area contributed by atoms with Crippen molar-refractivity contribution in [1.82, 2.24) is 20.9 Å². The maximum absolute atomic E-state index is 13.4. The number of methoxy groups -OCH3 is 2. The molecule has 1 aliphatic heterocycles. The molecule has 11 heteroatoms. The molecular weight excluding hydrogens is 500 g/mol. The van der Waals surface area contributed by atoms with Crippen LogP contribution in [0.2, 0.25) is 5.02 Å². The minimum atomic E-state index is -1.02. The summed E-state index contributed by atoms with van der Waals surface area (Å²) >= 11 is 6.38. The fraction of sp³-hybridized carbons (Fsp3) is 0.538. The first-order chi connectivity index (χ1) is 17.4. The smallest absolute Gasteiger partial charge is 0.328 e. The molecule has 1 aliphatic rings. The average molecular weight is 535 g/mol. The van der Waals surface area contributed by atoms with Crippen molar-refractivity contribution in [1.29, 1.82) is 0 Å². The Balaban J connectivity index is 1.80. The molecule has 4 N–H and O–H groups in total. The van der Waals surface area contributed by atoms with Gasteiger partial charge in [0.05, 0.1) is 19.2 Å². The number of fused-ring (bicyclic) bond motifs is 1. The Bertz CT molecular complexity index is 1170. The van der Waals surface area contributed by atoms with Crippen LogP contribution in [-0.2, 0) is 19.1 Å². The van der Waals surface area contributed by atoms with Crippen molar-refractivity contribution in [3.63, 3.8) is 0 Å². The van der Waals surface area contributed by atoms with Crippen LogP contribution in [0.15, 0.2) is 18.2 Å². The number of aromatic amines is 1. The summed E-state index contributed by atoms with van der Waals surface area (Å²) in [5.74, 6) is -1.77. The van der Waals surface area contributed by atoms with Gasteiger partial charge in [-0.25, -0.2) is 4.79 Å². The van der Waals surface area contributed by atoms with Gasteiger partial charge in [0.25, 0.3) is 5.91 Å². The highest BCUT2D eigenvalue weighted by atomic mass is 35.5. The van der Waals surface area contributed by atoms with Crippen LogP contribution < -0.4 is 20.7 Å². The summed E-state index contributed by atoms with van der Waals surface area (Å²) in [6.45, 7) is 6.42. The van der Waals surface area contributed by atoms with Gasteiger partial charge in [0, 0.05) is 23.4 Å². The number of benzene rings is 1. The third-order valence-corrected chi connectivity index (χ3v) is 6.72. The van der Waals surface area contributed by atoms with Gasteiger partial charge >= 0.3 is 5.97 Å². The monoisotopic (exact) mass is 534 g/mol. The minimum absolute atomic E-state index is 0.114. The second-order valence-corrected chi connectivity index (χ2v) is 10.8. The van der Waals surface area contributed by atoms with Crippen LogP contribution in [0.1, 0.15) is 56.9 Å². The van der Waals surface area contributed by atoms with E-state index in [4.69, 9.17) is 21.1 Å². The maximum atomic E-state index is 13.4. The molecule has 1 saturated heterocycles. The van der Waals surface area contributed by atoms with Gasteiger partial charge in [-0.1, -0.05) is 32.4 Å². The van der Waals surface area contributed by atoms with E-state index in [0.717, 1.165) is 6.42 Å². The number of aromatic nitrogens is 1. The number of carbonyl (C=O) groups excluding carboxylic acids is 4. The highest BCUT2D eigenvalue weighted by Gasteiger charge is 2.34. The zero-order chi connectivity index (χ0) is 27.3. The van der Waals surface area contributed by atoms with Crippen molar-refractivity contribution in [2.75, 3.05) is 20.8 Å². The predicted molar refractivity (Wildman–Crippen MR) is 139 cm³/mol.